The molecule has 0 amide bonds. The van der Waals surface area contributed by atoms with Gasteiger partial charge in [-0.25, -0.2) is 0 Å². The Morgan fingerprint density at radius 2 is 1.70 bits per heavy atom. The predicted molar refractivity (Wildman–Crippen MR) is 110 cm³/mol. The molecule has 27 heavy (non-hydrogen) atoms. The highest BCUT2D eigenvalue weighted by Gasteiger charge is 2.26. The summed E-state index contributed by atoms with van der Waals surface area (Å²) in [5.41, 5.74) is 1.11. The molecule has 0 saturated carbocycles. The number of carbonyl (C=O) groups is 1. The van der Waals surface area contributed by atoms with Crippen LogP contribution in [0.2, 0.25) is 0 Å². The molecule has 0 aliphatic heterocycles. The van der Waals surface area contributed by atoms with E-state index in [2.05, 4.69) is 20.9 Å². The molecular formula is C20H16BrNO4S. The number of rotatable bonds is 6. The lowest BCUT2D eigenvalue weighted by atomic mass is 10.1. The Morgan fingerprint density at radius 3 is 2.26 bits per heavy atom. The van der Waals surface area contributed by atoms with Gasteiger partial charge in [-0.15, -0.1) is 11.8 Å². The normalized spacial score (nSPS) is 12.7. The van der Waals surface area contributed by atoms with E-state index in [-0.39, 0.29) is 22.9 Å². The number of halogens is 1. The summed E-state index contributed by atoms with van der Waals surface area (Å²) in [5, 5.41) is 11.1. The van der Waals surface area contributed by atoms with E-state index >= 15 is 0 Å². The summed E-state index contributed by atoms with van der Waals surface area (Å²) >= 11 is 4.76. The summed E-state index contributed by atoms with van der Waals surface area (Å²) < 4.78 is 11.5. The fourth-order valence-electron chi connectivity index (χ4n) is 2.35. The van der Waals surface area contributed by atoms with Crippen LogP contribution in [0.1, 0.15) is 21.9 Å². The molecule has 1 aromatic carbocycles. The van der Waals surface area contributed by atoms with Crippen molar-refractivity contribution in [1.29, 1.82) is 0 Å². The molecule has 3 rings (SSSR count). The van der Waals surface area contributed by atoms with Crippen molar-refractivity contribution in [2.45, 2.75) is 5.75 Å². The molecule has 2 heterocycles. The molecule has 5 nitrogen and oxygen atoms in total. The van der Waals surface area contributed by atoms with Crippen molar-refractivity contribution in [1.82, 2.24) is 0 Å². The second-order valence-corrected chi connectivity index (χ2v) is 7.33. The van der Waals surface area contributed by atoms with Gasteiger partial charge in [0.15, 0.2) is 17.3 Å². The summed E-state index contributed by atoms with van der Waals surface area (Å²) in [7, 11) is 1.58. The maximum atomic E-state index is 12.9. The van der Waals surface area contributed by atoms with Gasteiger partial charge in [0.25, 0.3) is 0 Å². The summed E-state index contributed by atoms with van der Waals surface area (Å²) in [5.74, 6) is 0.159. The number of Topliss-reactive ketones (excluding diaryl/α,β-unsaturated/α-hetero) is 1. The lowest BCUT2D eigenvalue weighted by molar-refractivity contribution is 0.101. The van der Waals surface area contributed by atoms with E-state index in [9.17, 15) is 9.90 Å². The smallest absolute Gasteiger partial charge is 0.234 e. The molecule has 0 saturated heterocycles. The zero-order valence-electron chi connectivity index (χ0n) is 14.4. The number of hydrogen-bond donors (Lipinski definition) is 1. The van der Waals surface area contributed by atoms with Crippen molar-refractivity contribution < 1.29 is 18.7 Å². The van der Waals surface area contributed by atoms with E-state index in [1.54, 1.807) is 31.3 Å². The number of benzene rings is 1. The van der Waals surface area contributed by atoms with Crippen LogP contribution in [0.15, 0.2) is 84.9 Å². The highest BCUT2D eigenvalue weighted by molar-refractivity contribution is 9.10. The molecule has 7 heteroatoms. The molecule has 0 atom stereocenters. The summed E-state index contributed by atoms with van der Waals surface area (Å²) in [6.07, 6.45) is 2.84. The number of aliphatic imine (C=N–C) groups is 1. The third-order valence-corrected chi connectivity index (χ3v) is 5.34. The van der Waals surface area contributed by atoms with E-state index < -0.39 is 5.78 Å². The Morgan fingerprint density at radius 1 is 1.07 bits per heavy atom. The van der Waals surface area contributed by atoms with Crippen LogP contribution in [-0.2, 0) is 5.75 Å². The lowest BCUT2D eigenvalue weighted by Gasteiger charge is -2.11. The first-order valence-corrected chi connectivity index (χ1v) is 9.77. The fourth-order valence-corrected chi connectivity index (χ4v) is 3.58. The second kappa shape index (κ2) is 8.92. The molecule has 138 valence electrons. The maximum Gasteiger partial charge on any atom is 0.234 e. The van der Waals surface area contributed by atoms with E-state index in [4.69, 9.17) is 8.83 Å². The van der Waals surface area contributed by atoms with Crippen molar-refractivity contribution in [3.05, 3.63) is 88.2 Å². The average Bonchev–Trinajstić information content (AvgIpc) is 3.39. The number of aliphatic hydroxyl groups excluding tert-OH is 1. The Balaban J connectivity index is 1.94. The van der Waals surface area contributed by atoms with Crippen LogP contribution in [-0.4, -0.2) is 23.0 Å². The third kappa shape index (κ3) is 4.61. The molecule has 0 aliphatic carbocycles. The van der Waals surface area contributed by atoms with Crippen molar-refractivity contribution in [2.24, 2.45) is 4.99 Å². The van der Waals surface area contributed by atoms with Crippen LogP contribution in [0.25, 0.3) is 5.76 Å². The van der Waals surface area contributed by atoms with Crippen molar-refractivity contribution in [3.8, 4) is 0 Å². The van der Waals surface area contributed by atoms with E-state index in [1.807, 2.05) is 24.3 Å². The van der Waals surface area contributed by atoms with Gasteiger partial charge in [0.2, 0.25) is 5.78 Å². The summed E-state index contributed by atoms with van der Waals surface area (Å²) in [6, 6.07) is 14.2. The molecule has 2 aromatic heterocycles. The van der Waals surface area contributed by atoms with Crippen molar-refractivity contribution in [3.63, 3.8) is 0 Å². The number of nitrogens with zero attached hydrogens (tertiary/aromatic N) is 1. The van der Waals surface area contributed by atoms with Crippen LogP contribution in [0.3, 0.4) is 0 Å². The zero-order chi connectivity index (χ0) is 19.2. The molecule has 0 radical (unpaired) electrons. The number of thioether (sulfide) groups is 1. The molecular weight excluding hydrogens is 430 g/mol. The Labute approximate surface area is 168 Å². The molecule has 0 aliphatic rings. The number of aliphatic hydroxyl groups is 1. The Hall–Kier alpha value is -2.51. The quantitative estimate of drug-likeness (QED) is 0.172. The molecule has 0 unspecified atom stereocenters. The minimum absolute atomic E-state index is 0.0458. The zero-order valence-corrected chi connectivity index (χ0v) is 16.8. The van der Waals surface area contributed by atoms with Crippen molar-refractivity contribution >= 4 is 44.3 Å². The van der Waals surface area contributed by atoms with E-state index in [0.717, 1.165) is 10.0 Å². The molecule has 0 fully saturated rings. The van der Waals surface area contributed by atoms with Crippen molar-refractivity contribution in [2.75, 3.05) is 7.05 Å². The minimum atomic E-state index is -0.460. The summed E-state index contributed by atoms with van der Waals surface area (Å²) in [6.45, 7) is 0. The Bertz CT molecular complexity index is 958. The fraction of sp³-hybridized carbons (Fsp3) is 0.100. The van der Waals surface area contributed by atoms with Gasteiger partial charge in [0, 0.05) is 17.3 Å². The van der Waals surface area contributed by atoms with Gasteiger partial charge >= 0.3 is 0 Å². The topological polar surface area (TPSA) is 75.9 Å². The number of carbonyl (C=O) groups excluding carboxylic acids is 1. The molecule has 0 spiro atoms. The van der Waals surface area contributed by atoms with Crippen LogP contribution in [0.4, 0.5) is 0 Å². The van der Waals surface area contributed by atoms with E-state index in [1.165, 1.54) is 24.3 Å². The second-order valence-electron chi connectivity index (χ2n) is 5.45. The monoisotopic (exact) mass is 445 g/mol. The number of furan rings is 2. The summed E-state index contributed by atoms with van der Waals surface area (Å²) in [4.78, 5) is 17.2. The first-order valence-electron chi connectivity index (χ1n) is 8.00. The van der Waals surface area contributed by atoms with Gasteiger partial charge in [-0.05, 0) is 42.0 Å². The SMILES string of the molecule is CN=C(SCc1ccc(Br)cc1)/C(C(=O)c1ccco1)=C(\O)c1ccco1. The van der Waals surface area contributed by atoms with Crippen LogP contribution in [0, 0.1) is 0 Å². The van der Waals surface area contributed by atoms with Crippen LogP contribution < -0.4 is 0 Å². The number of ketones is 1. The first kappa shape index (κ1) is 19.3. The maximum absolute atomic E-state index is 12.9. The van der Waals surface area contributed by atoms with Gasteiger partial charge in [-0.2, -0.15) is 0 Å². The minimum Gasteiger partial charge on any atom is -0.504 e. The van der Waals surface area contributed by atoms with Crippen LogP contribution in [0.5, 0.6) is 0 Å². The highest BCUT2D eigenvalue weighted by atomic mass is 79.9. The standard InChI is InChI=1S/C20H16BrNO4S/c1-22-20(27-12-13-6-8-14(21)9-7-13)17(18(23)15-4-2-10-25-15)19(24)16-5-3-11-26-16/h2-11,23H,12H2,1H3/b18-17-,22-20?. The van der Waals surface area contributed by atoms with Gasteiger partial charge in [-0.3, -0.25) is 9.79 Å². The van der Waals surface area contributed by atoms with Crippen LogP contribution >= 0.6 is 27.7 Å². The van der Waals surface area contributed by atoms with Gasteiger partial charge in [-0.1, -0.05) is 28.1 Å². The average molecular weight is 446 g/mol. The third-order valence-electron chi connectivity index (χ3n) is 3.67. The Kier molecular flexibility index (Phi) is 6.36. The van der Waals surface area contributed by atoms with Gasteiger partial charge < -0.3 is 13.9 Å². The van der Waals surface area contributed by atoms with Gasteiger partial charge in [0.05, 0.1) is 12.5 Å². The molecule has 0 bridgehead atoms. The molecule has 1 N–H and O–H groups in total. The van der Waals surface area contributed by atoms with Gasteiger partial charge in [0.1, 0.15) is 10.6 Å². The molecule has 3 aromatic rings. The number of hydrogen-bond acceptors (Lipinski definition) is 6. The van der Waals surface area contributed by atoms with E-state index in [0.29, 0.717) is 10.8 Å². The lowest BCUT2D eigenvalue weighted by Crippen LogP contribution is -2.13. The first-order chi connectivity index (χ1) is 13.1. The predicted octanol–water partition coefficient (Wildman–Crippen LogP) is 5.75. The highest BCUT2D eigenvalue weighted by Crippen LogP contribution is 2.28. The largest absolute Gasteiger partial charge is 0.504 e.